The Kier molecular flexibility index (Phi) is 2.74. The molecule has 2 atom stereocenters. The van der Waals surface area contributed by atoms with Crippen molar-refractivity contribution in [3.8, 4) is 0 Å². The molecule has 1 aliphatic heterocycles. The molecule has 102 valence electrons. The van der Waals surface area contributed by atoms with Crippen LogP contribution in [-0.2, 0) is 4.74 Å². The third-order valence-electron chi connectivity index (χ3n) is 6.40. The van der Waals surface area contributed by atoms with Crippen LogP contribution in [0.5, 0.6) is 0 Å². The summed E-state index contributed by atoms with van der Waals surface area (Å²) >= 11 is 0. The minimum Gasteiger partial charge on any atom is -0.381 e. The topological polar surface area (TPSA) is 35.2 Å². The standard InChI is InChI=1S/C16H27NO/c17-15(14-1-2-18-10-14)9-16-6-11-3-12(7-16)5-13(4-11)8-16/h11-15H,1-10,17H2. The fourth-order valence-electron chi connectivity index (χ4n) is 6.10. The van der Waals surface area contributed by atoms with Gasteiger partial charge in [0.15, 0.2) is 0 Å². The maximum Gasteiger partial charge on any atom is 0.0509 e. The molecule has 5 aliphatic rings. The molecule has 0 radical (unpaired) electrons. The summed E-state index contributed by atoms with van der Waals surface area (Å²) in [6.07, 6.45) is 11.6. The Labute approximate surface area is 111 Å². The van der Waals surface area contributed by atoms with Gasteiger partial charge in [-0.05, 0) is 80.5 Å². The molecule has 4 saturated carbocycles. The van der Waals surface area contributed by atoms with E-state index in [1.54, 1.807) is 19.3 Å². The smallest absolute Gasteiger partial charge is 0.0509 e. The molecule has 0 spiro atoms. The highest BCUT2D eigenvalue weighted by Gasteiger charge is 2.51. The maximum absolute atomic E-state index is 6.52. The lowest BCUT2D eigenvalue weighted by molar-refractivity contribution is -0.0628. The molecular formula is C16H27NO. The van der Waals surface area contributed by atoms with E-state index in [4.69, 9.17) is 10.5 Å². The average molecular weight is 249 g/mol. The van der Waals surface area contributed by atoms with Crippen LogP contribution in [0, 0.1) is 29.1 Å². The Balaban J connectivity index is 1.46. The van der Waals surface area contributed by atoms with Crippen LogP contribution in [0.2, 0.25) is 0 Å². The predicted molar refractivity (Wildman–Crippen MR) is 72.1 cm³/mol. The molecule has 0 aromatic carbocycles. The van der Waals surface area contributed by atoms with Gasteiger partial charge in [0.05, 0.1) is 6.61 Å². The first-order valence-corrected chi connectivity index (χ1v) is 8.06. The molecule has 4 bridgehead atoms. The van der Waals surface area contributed by atoms with Crippen LogP contribution in [0.3, 0.4) is 0 Å². The van der Waals surface area contributed by atoms with Crippen LogP contribution in [0.25, 0.3) is 0 Å². The van der Waals surface area contributed by atoms with Gasteiger partial charge in [-0.2, -0.15) is 0 Å². The number of rotatable bonds is 3. The van der Waals surface area contributed by atoms with Gasteiger partial charge in [0.1, 0.15) is 0 Å². The summed E-state index contributed by atoms with van der Waals surface area (Å²) in [4.78, 5) is 0. The zero-order valence-corrected chi connectivity index (χ0v) is 11.4. The van der Waals surface area contributed by atoms with E-state index in [2.05, 4.69) is 0 Å². The van der Waals surface area contributed by atoms with Crippen LogP contribution in [0.4, 0.5) is 0 Å². The Hall–Kier alpha value is -0.0800. The van der Waals surface area contributed by atoms with E-state index in [0.717, 1.165) is 31.0 Å². The first kappa shape index (κ1) is 11.7. The lowest BCUT2D eigenvalue weighted by atomic mass is 9.48. The third-order valence-corrected chi connectivity index (χ3v) is 6.40. The van der Waals surface area contributed by atoms with Gasteiger partial charge < -0.3 is 10.5 Å². The lowest BCUT2D eigenvalue weighted by Crippen LogP contribution is -2.49. The van der Waals surface area contributed by atoms with E-state index in [1.807, 2.05) is 0 Å². The van der Waals surface area contributed by atoms with Gasteiger partial charge in [-0.1, -0.05) is 0 Å². The highest BCUT2D eigenvalue weighted by molar-refractivity contribution is 5.03. The van der Waals surface area contributed by atoms with Crippen LogP contribution in [0.1, 0.15) is 51.4 Å². The lowest BCUT2D eigenvalue weighted by Gasteiger charge is -2.57. The van der Waals surface area contributed by atoms with E-state index >= 15 is 0 Å². The Morgan fingerprint density at radius 1 is 1.06 bits per heavy atom. The Bertz CT molecular complexity index is 286. The van der Waals surface area contributed by atoms with Crippen molar-refractivity contribution in [2.75, 3.05) is 13.2 Å². The summed E-state index contributed by atoms with van der Waals surface area (Å²) in [5, 5.41) is 0. The molecule has 2 nitrogen and oxygen atoms in total. The van der Waals surface area contributed by atoms with E-state index in [1.165, 1.54) is 32.1 Å². The monoisotopic (exact) mass is 249 g/mol. The zero-order chi connectivity index (χ0) is 12.2. The van der Waals surface area contributed by atoms with Crippen molar-refractivity contribution in [3.05, 3.63) is 0 Å². The first-order chi connectivity index (χ1) is 8.72. The SMILES string of the molecule is NC(CC12CC3CC(CC(C3)C1)C2)C1CCOC1. The normalized spacial score (nSPS) is 51.8. The number of ether oxygens (including phenoxy) is 1. The summed E-state index contributed by atoms with van der Waals surface area (Å²) in [6.45, 7) is 1.87. The molecule has 0 aromatic heterocycles. The molecule has 2 N–H and O–H groups in total. The Morgan fingerprint density at radius 2 is 1.67 bits per heavy atom. The second-order valence-corrected chi connectivity index (χ2v) is 7.91. The van der Waals surface area contributed by atoms with Crippen molar-refractivity contribution in [1.82, 2.24) is 0 Å². The van der Waals surface area contributed by atoms with Gasteiger partial charge in [-0.15, -0.1) is 0 Å². The predicted octanol–water partition coefficient (Wildman–Crippen LogP) is 2.96. The van der Waals surface area contributed by atoms with Gasteiger partial charge in [0.25, 0.3) is 0 Å². The largest absolute Gasteiger partial charge is 0.381 e. The van der Waals surface area contributed by atoms with Crippen molar-refractivity contribution < 1.29 is 4.74 Å². The van der Waals surface area contributed by atoms with Gasteiger partial charge in [0, 0.05) is 12.6 Å². The van der Waals surface area contributed by atoms with Crippen molar-refractivity contribution in [2.24, 2.45) is 34.8 Å². The van der Waals surface area contributed by atoms with Gasteiger partial charge >= 0.3 is 0 Å². The summed E-state index contributed by atoms with van der Waals surface area (Å²) in [6, 6.07) is 0.406. The highest BCUT2D eigenvalue weighted by Crippen LogP contribution is 2.61. The van der Waals surface area contributed by atoms with Crippen LogP contribution < -0.4 is 5.73 Å². The fraction of sp³-hybridized carbons (Fsp3) is 1.00. The van der Waals surface area contributed by atoms with Crippen LogP contribution in [0.15, 0.2) is 0 Å². The highest BCUT2D eigenvalue weighted by atomic mass is 16.5. The molecule has 18 heavy (non-hydrogen) atoms. The zero-order valence-electron chi connectivity index (χ0n) is 11.4. The number of hydrogen-bond acceptors (Lipinski definition) is 2. The summed E-state index contributed by atoms with van der Waals surface area (Å²) < 4.78 is 5.52. The molecule has 0 aromatic rings. The Morgan fingerprint density at radius 3 is 2.17 bits per heavy atom. The molecule has 5 fully saturated rings. The first-order valence-electron chi connectivity index (χ1n) is 8.06. The fourth-order valence-corrected chi connectivity index (χ4v) is 6.10. The minimum atomic E-state index is 0.406. The van der Waals surface area contributed by atoms with Crippen LogP contribution in [-0.4, -0.2) is 19.3 Å². The van der Waals surface area contributed by atoms with E-state index in [9.17, 15) is 0 Å². The van der Waals surface area contributed by atoms with E-state index in [-0.39, 0.29) is 0 Å². The maximum atomic E-state index is 6.52. The van der Waals surface area contributed by atoms with Gasteiger partial charge in [-0.25, -0.2) is 0 Å². The van der Waals surface area contributed by atoms with E-state index < -0.39 is 0 Å². The molecule has 0 amide bonds. The van der Waals surface area contributed by atoms with Gasteiger partial charge in [0.2, 0.25) is 0 Å². The molecule has 1 saturated heterocycles. The average Bonchev–Trinajstić information content (AvgIpc) is 2.79. The van der Waals surface area contributed by atoms with Crippen molar-refractivity contribution in [3.63, 3.8) is 0 Å². The second-order valence-electron chi connectivity index (χ2n) is 7.91. The van der Waals surface area contributed by atoms with Crippen molar-refractivity contribution in [1.29, 1.82) is 0 Å². The quantitative estimate of drug-likeness (QED) is 0.834. The number of hydrogen-bond donors (Lipinski definition) is 1. The van der Waals surface area contributed by atoms with Gasteiger partial charge in [-0.3, -0.25) is 0 Å². The molecule has 4 aliphatic carbocycles. The minimum absolute atomic E-state index is 0.406. The molecule has 1 heterocycles. The summed E-state index contributed by atoms with van der Waals surface area (Å²) in [5.41, 5.74) is 7.17. The molecule has 5 rings (SSSR count). The third kappa shape index (κ3) is 1.92. The van der Waals surface area contributed by atoms with Crippen molar-refractivity contribution >= 4 is 0 Å². The molecular weight excluding hydrogens is 222 g/mol. The second kappa shape index (κ2) is 4.21. The molecule has 2 heteroatoms. The summed E-state index contributed by atoms with van der Waals surface area (Å²) in [7, 11) is 0. The van der Waals surface area contributed by atoms with E-state index in [0.29, 0.717) is 17.4 Å². The van der Waals surface area contributed by atoms with Crippen LogP contribution >= 0.6 is 0 Å². The van der Waals surface area contributed by atoms with Crippen molar-refractivity contribution in [2.45, 2.75) is 57.4 Å². The number of nitrogens with two attached hydrogens (primary N) is 1. The summed E-state index contributed by atoms with van der Waals surface area (Å²) in [5.74, 6) is 3.83. The molecule has 2 unspecified atom stereocenters.